The summed E-state index contributed by atoms with van der Waals surface area (Å²) in [4.78, 5) is 20.6. The molecule has 0 atom stereocenters. The van der Waals surface area contributed by atoms with Gasteiger partial charge in [0, 0.05) is 11.6 Å². The Hall–Kier alpha value is -4.09. The van der Waals surface area contributed by atoms with Crippen molar-refractivity contribution in [2.45, 2.75) is 0 Å². The number of fused-ring (bicyclic) bond motifs is 1. The number of anilines is 1. The summed E-state index contributed by atoms with van der Waals surface area (Å²) in [5.74, 6) is -2.07. The van der Waals surface area contributed by atoms with Gasteiger partial charge >= 0.3 is 0 Å². The smallest absolute Gasteiger partial charge is 0.255 e. The van der Waals surface area contributed by atoms with Gasteiger partial charge in [-0.2, -0.15) is 5.26 Å². The highest BCUT2D eigenvalue weighted by molar-refractivity contribution is 6.35. The second-order valence-corrected chi connectivity index (χ2v) is 6.70. The lowest BCUT2D eigenvalue weighted by atomic mass is 10.2. The van der Waals surface area contributed by atoms with Gasteiger partial charge in [0.1, 0.15) is 22.7 Å². The van der Waals surface area contributed by atoms with Crippen LogP contribution < -0.4 is 10.1 Å². The van der Waals surface area contributed by atoms with Crippen molar-refractivity contribution in [1.29, 1.82) is 5.26 Å². The fourth-order valence-electron chi connectivity index (χ4n) is 2.77. The predicted molar refractivity (Wildman–Crippen MR) is 110 cm³/mol. The zero-order valence-electron chi connectivity index (χ0n) is 15.6. The number of halogens is 3. The highest BCUT2D eigenvalue weighted by atomic mass is 35.5. The highest BCUT2D eigenvalue weighted by Gasteiger charge is 2.17. The topological polar surface area (TPSA) is 87.9 Å². The Morgan fingerprint density at radius 2 is 1.94 bits per heavy atom. The molecule has 9 heteroatoms. The number of nitrogens with one attached hydrogen (secondary N) is 1. The lowest BCUT2D eigenvalue weighted by Crippen LogP contribution is -2.12. The number of nitrogens with zero attached hydrogens (tertiary/aromatic N) is 3. The van der Waals surface area contributed by atoms with E-state index in [0.29, 0.717) is 11.0 Å². The fraction of sp³-hybridized carbons (Fsp3) is 0. The van der Waals surface area contributed by atoms with E-state index in [4.69, 9.17) is 21.6 Å². The van der Waals surface area contributed by atoms with Crippen LogP contribution in [0.2, 0.25) is 5.02 Å². The third-order valence-corrected chi connectivity index (χ3v) is 4.61. The first kappa shape index (κ1) is 20.2. The first-order chi connectivity index (χ1) is 14.9. The van der Waals surface area contributed by atoms with E-state index in [0.717, 1.165) is 12.1 Å². The quantitative estimate of drug-likeness (QED) is 0.457. The van der Waals surface area contributed by atoms with Crippen molar-refractivity contribution in [3.05, 3.63) is 88.7 Å². The molecule has 0 radical (unpaired) electrons. The van der Waals surface area contributed by atoms with Crippen molar-refractivity contribution in [3.8, 4) is 17.6 Å². The zero-order valence-corrected chi connectivity index (χ0v) is 16.3. The first-order valence-electron chi connectivity index (χ1n) is 8.84. The summed E-state index contributed by atoms with van der Waals surface area (Å²) in [6, 6.07) is 14.0. The maximum Gasteiger partial charge on any atom is 0.255 e. The molecule has 31 heavy (non-hydrogen) atoms. The largest absolute Gasteiger partial charge is 0.453 e. The fourth-order valence-corrected chi connectivity index (χ4v) is 3.01. The highest BCUT2D eigenvalue weighted by Crippen LogP contribution is 2.38. The van der Waals surface area contributed by atoms with Crippen LogP contribution in [0.1, 0.15) is 16.1 Å². The van der Waals surface area contributed by atoms with Crippen molar-refractivity contribution in [2.24, 2.45) is 0 Å². The number of ether oxygens (including phenoxy) is 1. The Morgan fingerprint density at radius 3 is 2.71 bits per heavy atom. The Kier molecular flexibility index (Phi) is 5.43. The zero-order chi connectivity index (χ0) is 22.0. The molecule has 0 bridgehead atoms. The predicted octanol–water partition coefficient (Wildman–Crippen LogP) is 5.48. The maximum atomic E-state index is 14.4. The van der Waals surface area contributed by atoms with E-state index in [9.17, 15) is 13.6 Å². The molecule has 1 aromatic heterocycles. The standard InChI is InChI=1S/C22H11ClF2N4O2/c23-20-18(29-22(30)12-2-1-3-13(24)8-12)7-5-16(25)21(20)31-15-4-6-17-19(9-15)28-14(10-26)11-27-17/h1-9,11H,(H,29,30). The van der Waals surface area contributed by atoms with Crippen molar-refractivity contribution in [2.75, 3.05) is 5.32 Å². The summed E-state index contributed by atoms with van der Waals surface area (Å²) in [5, 5.41) is 11.3. The lowest BCUT2D eigenvalue weighted by molar-refractivity contribution is 0.102. The molecule has 1 heterocycles. The van der Waals surface area contributed by atoms with Gasteiger partial charge in [0.05, 0.1) is 22.9 Å². The molecule has 0 aliphatic rings. The van der Waals surface area contributed by atoms with Gasteiger partial charge in [0.15, 0.2) is 17.3 Å². The lowest BCUT2D eigenvalue weighted by Gasteiger charge is -2.13. The maximum absolute atomic E-state index is 14.4. The minimum absolute atomic E-state index is 0.0734. The third kappa shape index (κ3) is 4.27. The first-order valence-corrected chi connectivity index (χ1v) is 9.22. The van der Waals surface area contributed by atoms with Gasteiger partial charge in [-0.3, -0.25) is 9.78 Å². The minimum Gasteiger partial charge on any atom is -0.453 e. The Bertz CT molecular complexity index is 1370. The van der Waals surface area contributed by atoms with Gasteiger partial charge < -0.3 is 10.1 Å². The number of aromatic nitrogens is 2. The average Bonchev–Trinajstić information content (AvgIpc) is 2.78. The summed E-state index contributed by atoms with van der Waals surface area (Å²) in [6.07, 6.45) is 1.34. The second kappa shape index (κ2) is 8.34. The molecule has 4 aromatic rings. The molecular weight excluding hydrogens is 426 g/mol. The average molecular weight is 437 g/mol. The second-order valence-electron chi connectivity index (χ2n) is 6.32. The van der Waals surface area contributed by atoms with Crippen LogP contribution in [0.5, 0.6) is 11.5 Å². The molecule has 0 aliphatic carbocycles. The Balaban J connectivity index is 1.64. The number of benzene rings is 3. The van der Waals surface area contributed by atoms with Gasteiger partial charge in [0.25, 0.3) is 5.91 Å². The number of hydrogen-bond acceptors (Lipinski definition) is 5. The van der Waals surface area contributed by atoms with E-state index in [1.807, 2.05) is 6.07 Å². The molecule has 1 N–H and O–H groups in total. The van der Waals surface area contributed by atoms with Crippen molar-refractivity contribution < 1.29 is 18.3 Å². The summed E-state index contributed by atoms with van der Waals surface area (Å²) >= 11 is 6.27. The van der Waals surface area contributed by atoms with Crippen LogP contribution >= 0.6 is 11.6 Å². The minimum atomic E-state index is -0.759. The van der Waals surface area contributed by atoms with Crippen LogP contribution in [-0.2, 0) is 0 Å². The van der Waals surface area contributed by atoms with Gasteiger partial charge in [-0.25, -0.2) is 13.8 Å². The molecule has 0 spiro atoms. The van der Waals surface area contributed by atoms with Crippen LogP contribution in [0.15, 0.2) is 60.8 Å². The van der Waals surface area contributed by atoms with E-state index in [1.165, 1.54) is 42.6 Å². The van der Waals surface area contributed by atoms with E-state index in [2.05, 4.69) is 15.3 Å². The molecule has 3 aromatic carbocycles. The SMILES string of the molecule is N#Cc1cnc2ccc(Oc3c(F)ccc(NC(=O)c4cccc(F)c4)c3Cl)cc2n1. The van der Waals surface area contributed by atoms with Crippen LogP contribution in [0.25, 0.3) is 11.0 Å². The number of amides is 1. The Morgan fingerprint density at radius 1 is 1.10 bits per heavy atom. The Labute approximate surface area is 179 Å². The molecule has 0 unspecified atom stereocenters. The van der Waals surface area contributed by atoms with Crippen LogP contribution in [0.3, 0.4) is 0 Å². The van der Waals surface area contributed by atoms with Gasteiger partial charge in [-0.1, -0.05) is 17.7 Å². The van der Waals surface area contributed by atoms with Gasteiger partial charge in [-0.15, -0.1) is 0 Å². The van der Waals surface area contributed by atoms with Gasteiger partial charge in [0.2, 0.25) is 0 Å². The molecule has 0 fully saturated rings. The molecule has 0 aliphatic heterocycles. The number of carbonyl (C=O) groups is 1. The molecule has 152 valence electrons. The molecule has 0 saturated heterocycles. The van der Waals surface area contributed by atoms with Crippen molar-refractivity contribution in [1.82, 2.24) is 9.97 Å². The number of hydrogen-bond donors (Lipinski definition) is 1. The number of nitriles is 1. The van der Waals surface area contributed by atoms with Gasteiger partial charge in [-0.05, 0) is 42.5 Å². The monoisotopic (exact) mass is 436 g/mol. The van der Waals surface area contributed by atoms with Crippen LogP contribution in [0, 0.1) is 23.0 Å². The molecule has 4 rings (SSSR count). The van der Waals surface area contributed by atoms with E-state index in [-0.39, 0.29) is 33.5 Å². The molecule has 0 saturated carbocycles. The molecule has 6 nitrogen and oxygen atoms in total. The van der Waals surface area contributed by atoms with E-state index in [1.54, 1.807) is 6.07 Å². The molecule has 1 amide bonds. The van der Waals surface area contributed by atoms with Crippen LogP contribution in [0.4, 0.5) is 14.5 Å². The van der Waals surface area contributed by atoms with E-state index < -0.39 is 17.5 Å². The van der Waals surface area contributed by atoms with E-state index >= 15 is 0 Å². The molecular formula is C22H11ClF2N4O2. The summed E-state index contributed by atoms with van der Waals surface area (Å²) < 4.78 is 33.4. The number of carbonyl (C=O) groups excluding carboxylic acids is 1. The van der Waals surface area contributed by atoms with Crippen molar-refractivity contribution >= 4 is 34.2 Å². The summed E-state index contributed by atoms with van der Waals surface area (Å²) in [5.41, 5.74) is 1.18. The summed E-state index contributed by atoms with van der Waals surface area (Å²) in [6.45, 7) is 0. The normalized spacial score (nSPS) is 10.5. The third-order valence-electron chi connectivity index (χ3n) is 4.23. The van der Waals surface area contributed by atoms with Crippen molar-refractivity contribution in [3.63, 3.8) is 0 Å². The van der Waals surface area contributed by atoms with Crippen LogP contribution in [-0.4, -0.2) is 15.9 Å². The number of rotatable bonds is 4. The summed E-state index contributed by atoms with van der Waals surface area (Å²) in [7, 11) is 0.